The Bertz CT molecular complexity index is 643. The van der Waals surface area contributed by atoms with Crippen LogP contribution < -0.4 is 10.6 Å². The summed E-state index contributed by atoms with van der Waals surface area (Å²) in [5.41, 5.74) is 1.36. The molecule has 0 saturated carbocycles. The molecule has 5 heteroatoms. The zero-order valence-electron chi connectivity index (χ0n) is 12.1. The van der Waals surface area contributed by atoms with Gasteiger partial charge in [-0.2, -0.15) is 0 Å². The highest BCUT2D eigenvalue weighted by molar-refractivity contribution is 6.07. The normalized spacial score (nSPS) is 10.2. The molecule has 2 rings (SSSR count). The first-order chi connectivity index (χ1) is 10.1. The highest BCUT2D eigenvalue weighted by Crippen LogP contribution is 2.18. The third-order valence-electron chi connectivity index (χ3n) is 2.97. The van der Waals surface area contributed by atoms with Gasteiger partial charge in [-0.15, -0.1) is 0 Å². The summed E-state index contributed by atoms with van der Waals surface area (Å²) in [6.45, 7) is 4.54. The fourth-order valence-corrected chi connectivity index (χ4v) is 1.88. The number of aromatic nitrogens is 1. The maximum absolute atomic E-state index is 13.8. The van der Waals surface area contributed by atoms with Crippen molar-refractivity contribution in [1.82, 2.24) is 4.98 Å². The molecule has 1 amide bonds. The number of nitrogens with one attached hydrogen (secondary N) is 2. The van der Waals surface area contributed by atoms with Gasteiger partial charge in [-0.1, -0.05) is 13.0 Å². The van der Waals surface area contributed by atoms with Gasteiger partial charge in [0.25, 0.3) is 5.91 Å². The maximum Gasteiger partial charge on any atom is 0.259 e. The predicted octanol–water partition coefficient (Wildman–Crippen LogP) is 3.60. The van der Waals surface area contributed by atoms with E-state index in [2.05, 4.69) is 15.6 Å². The van der Waals surface area contributed by atoms with Crippen LogP contribution in [0.2, 0.25) is 0 Å². The minimum absolute atomic E-state index is 0.163. The zero-order chi connectivity index (χ0) is 15.2. The van der Waals surface area contributed by atoms with Crippen LogP contribution in [-0.2, 0) is 0 Å². The quantitative estimate of drug-likeness (QED) is 0.883. The van der Waals surface area contributed by atoms with Crippen LogP contribution in [0.1, 0.15) is 29.3 Å². The summed E-state index contributed by atoms with van der Waals surface area (Å²) in [4.78, 5) is 16.4. The van der Waals surface area contributed by atoms with Gasteiger partial charge in [-0.25, -0.2) is 9.37 Å². The van der Waals surface area contributed by atoms with Crippen molar-refractivity contribution in [3.05, 3.63) is 53.5 Å². The molecule has 0 bridgehead atoms. The molecule has 1 heterocycles. The van der Waals surface area contributed by atoms with E-state index < -0.39 is 5.82 Å². The van der Waals surface area contributed by atoms with Crippen molar-refractivity contribution in [3.8, 4) is 0 Å². The number of anilines is 2. The standard InChI is InChI=1S/C16H18FN3O/c1-3-8-18-15-12(5-4-9-19-15)16(21)20-14-7-6-11(2)10-13(14)17/h4-7,9-10H,3,8H2,1-2H3,(H,18,19)(H,20,21). The van der Waals surface area contributed by atoms with Crippen LogP contribution in [0, 0.1) is 12.7 Å². The molecule has 1 aromatic heterocycles. The number of amides is 1. The first-order valence-electron chi connectivity index (χ1n) is 6.88. The minimum Gasteiger partial charge on any atom is -0.369 e. The van der Waals surface area contributed by atoms with Gasteiger partial charge in [-0.05, 0) is 43.2 Å². The number of carbonyl (C=O) groups excluding carboxylic acids is 1. The topological polar surface area (TPSA) is 54.0 Å². The van der Waals surface area contributed by atoms with Gasteiger partial charge in [0.05, 0.1) is 11.3 Å². The zero-order valence-corrected chi connectivity index (χ0v) is 12.1. The molecule has 2 aromatic rings. The summed E-state index contributed by atoms with van der Waals surface area (Å²) in [5.74, 6) is -0.330. The molecule has 0 aliphatic rings. The summed E-state index contributed by atoms with van der Waals surface area (Å²) in [7, 11) is 0. The van der Waals surface area contributed by atoms with E-state index in [1.165, 1.54) is 6.07 Å². The molecule has 0 spiro atoms. The highest BCUT2D eigenvalue weighted by atomic mass is 19.1. The van der Waals surface area contributed by atoms with E-state index in [1.807, 2.05) is 6.92 Å². The number of hydrogen-bond acceptors (Lipinski definition) is 3. The van der Waals surface area contributed by atoms with Crippen LogP contribution >= 0.6 is 0 Å². The lowest BCUT2D eigenvalue weighted by atomic mass is 10.2. The monoisotopic (exact) mass is 287 g/mol. The first-order valence-corrected chi connectivity index (χ1v) is 6.88. The molecule has 0 fully saturated rings. The third-order valence-corrected chi connectivity index (χ3v) is 2.97. The van der Waals surface area contributed by atoms with E-state index in [4.69, 9.17) is 0 Å². The molecule has 0 radical (unpaired) electrons. The number of pyridine rings is 1. The van der Waals surface area contributed by atoms with Crippen molar-refractivity contribution in [2.24, 2.45) is 0 Å². The maximum atomic E-state index is 13.8. The minimum atomic E-state index is -0.449. The van der Waals surface area contributed by atoms with Gasteiger partial charge in [0.2, 0.25) is 0 Å². The first kappa shape index (κ1) is 15.0. The Morgan fingerprint density at radius 3 is 2.86 bits per heavy atom. The van der Waals surface area contributed by atoms with Gasteiger partial charge in [0.15, 0.2) is 0 Å². The van der Waals surface area contributed by atoms with Crippen LogP contribution in [0.25, 0.3) is 0 Å². The van der Waals surface area contributed by atoms with Gasteiger partial charge < -0.3 is 10.6 Å². The van der Waals surface area contributed by atoms with Crippen molar-refractivity contribution in [1.29, 1.82) is 0 Å². The molecule has 0 aliphatic carbocycles. The second-order valence-electron chi connectivity index (χ2n) is 4.76. The molecule has 0 saturated heterocycles. The Morgan fingerprint density at radius 1 is 1.33 bits per heavy atom. The number of nitrogens with zero attached hydrogens (tertiary/aromatic N) is 1. The van der Waals surface area contributed by atoms with E-state index in [9.17, 15) is 9.18 Å². The molecule has 2 N–H and O–H groups in total. The van der Waals surface area contributed by atoms with Crippen molar-refractivity contribution >= 4 is 17.4 Å². The third kappa shape index (κ3) is 3.78. The SMILES string of the molecule is CCCNc1ncccc1C(=O)Nc1ccc(C)cc1F. The molecule has 110 valence electrons. The Kier molecular flexibility index (Phi) is 4.87. The average Bonchev–Trinajstić information content (AvgIpc) is 2.48. The Hall–Kier alpha value is -2.43. The Labute approximate surface area is 123 Å². The number of aryl methyl sites for hydroxylation is 1. The van der Waals surface area contributed by atoms with Crippen molar-refractivity contribution in [3.63, 3.8) is 0 Å². The Balaban J connectivity index is 2.20. The molecule has 4 nitrogen and oxygen atoms in total. The molecule has 21 heavy (non-hydrogen) atoms. The van der Waals surface area contributed by atoms with E-state index in [0.717, 1.165) is 18.5 Å². The van der Waals surface area contributed by atoms with Gasteiger partial charge in [-0.3, -0.25) is 4.79 Å². The van der Waals surface area contributed by atoms with Crippen LogP contribution in [-0.4, -0.2) is 17.4 Å². The van der Waals surface area contributed by atoms with E-state index in [1.54, 1.807) is 37.4 Å². The van der Waals surface area contributed by atoms with Gasteiger partial charge >= 0.3 is 0 Å². The lowest BCUT2D eigenvalue weighted by molar-refractivity contribution is 0.102. The number of hydrogen-bond donors (Lipinski definition) is 2. The summed E-state index contributed by atoms with van der Waals surface area (Å²) >= 11 is 0. The Morgan fingerprint density at radius 2 is 2.14 bits per heavy atom. The van der Waals surface area contributed by atoms with Crippen LogP contribution in [0.15, 0.2) is 36.5 Å². The fraction of sp³-hybridized carbons (Fsp3) is 0.250. The molecule has 0 aliphatic heterocycles. The second-order valence-corrected chi connectivity index (χ2v) is 4.76. The lowest BCUT2D eigenvalue weighted by Crippen LogP contribution is -2.16. The number of rotatable bonds is 5. The van der Waals surface area contributed by atoms with Gasteiger partial charge in [0, 0.05) is 12.7 Å². The molecule has 0 unspecified atom stereocenters. The molecular weight excluding hydrogens is 269 g/mol. The van der Waals surface area contributed by atoms with E-state index >= 15 is 0 Å². The number of halogens is 1. The van der Waals surface area contributed by atoms with Crippen LogP contribution in [0.5, 0.6) is 0 Å². The van der Waals surface area contributed by atoms with Crippen molar-refractivity contribution in [2.75, 3.05) is 17.2 Å². The summed E-state index contributed by atoms with van der Waals surface area (Å²) in [6, 6.07) is 8.02. The van der Waals surface area contributed by atoms with Gasteiger partial charge in [0.1, 0.15) is 11.6 Å². The van der Waals surface area contributed by atoms with Crippen molar-refractivity contribution < 1.29 is 9.18 Å². The fourth-order valence-electron chi connectivity index (χ4n) is 1.88. The molecular formula is C16H18FN3O. The largest absolute Gasteiger partial charge is 0.369 e. The van der Waals surface area contributed by atoms with E-state index in [0.29, 0.717) is 11.4 Å². The number of carbonyl (C=O) groups is 1. The van der Waals surface area contributed by atoms with Crippen LogP contribution in [0.4, 0.5) is 15.9 Å². The second kappa shape index (κ2) is 6.83. The highest BCUT2D eigenvalue weighted by Gasteiger charge is 2.13. The van der Waals surface area contributed by atoms with Crippen molar-refractivity contribution in [2.45, 2.75) is 20.3 Å². The van der Waals surface area contributed by atoms with Crippen LogP contribution in [0.3, 0.4) is 0 Å². The number of benzene rings is 1. The average molecular weight is 287 g/mol. The lowest BCUT2D eigenvalue weighted by Gasteiger charge is -2.11. The molecule has 1 aromatic carbocycles. The molecule has 0 atom stereocenters. The summed E-state index contributed by atoms with van der Waals surface area (Å²) < 4.78 is 13.8. The predicted molar refractivity (Wildman–Crippen MR) is 82.1 cm³/mol. The smallest absolute Gasteiger partial charge is 0.259 e. The van der Waals surface area contributed by atoms with E-state index in [-0.39, 0.29) is 11.6 Å². The summed E-state index contributed by atoms with van der Waals surface area (Å²) in [5, 5.41) is 5.66. The summed E-state index contributed by atoms with van der Waals surface area (Å²) in [6.07, 6.45) is 2.53.